The summed E-state index contributed by atoms with van der Waals surface area (Å²) in [5.41, 5.74) is 1.01. The van der Waals surface area contributed by atoms with E-state index < -0.39 is 0 Å². The average Bonchev–Trinajstić information content (AvgIpc) is 3.43. The molecule has 0 bridgehead atoms. The Kier molecular flexibility index (Phi) is 4.48. The van der Waals surface area contributed by atoms with E-state index in [4.69, 9.17) is 4.42 Å². The third kappa shape index (κ3) is 3.26. The molecule has 4 aromatic rings. The van der Waals surface area contributed by atoms with Crippen LogP contribution in [0.1, 0.15) is 22.5 Å². The topological polar surface area (TPSA) is 70.0 Å². The highest BCUT2D eigenvalue weighted by molar-refractivity contribution is 7.17. The Morgan fingerprint density at radius 2 is 1.90 bits per heavy atom. The summed E-state index contributed by atoms with van der Waals surface area (Å²) in [6, 6.07) is 10.2. The molecular weight excluding hydrogens is 393 g/mol. The van der Waals surface area contributed by atoms with Crippen LogP contribution in [0.4, 0.5) is 10.1 Å². The van der Waals surface area contributed by atoms with E-state index in [-0.39, 0.29) is 17.7 Å². The first kappa shape index (κ1) is 18.1. The van der Waals surface area contributed by atoms with Gasteiger partial charge in [0.05, 0.1) is 11.1 Å². The number of furan rings is 1. The van der Waals surface area contributed by atoms with Gasteiger partial charge >= 0.3 is 0 Å². The molecule has 1 atom stereocenters. The molecule has 0 saturated carbocycles. The number of benzene rings is 1. The number of aromatic nitrogens is 3. The quantitative estimate of drug-likeness (QED) is 0.553. The van der Waals surface area contributed by atoms with Gasteiger partial charge in [0.1, 0.15) is 23.4 Å². The maximum Gasteiger partial charge on any atom is 0.230 e. The van der Waals surface area contributed by atoms with Gasteiger partial charge in [0, 0.05) is 31.9 Å². The summed E-state index contributed by atoms with van der Waals surface area (Å²) in [7, 11) is 0. The maximum absolute atomic E-state index is 13.2. The van der Waals surface area contributed by atoms with Gasteiger partial charge in [-0.1, -0.05) is 11.3 Å². The fourth-order valence-corrected chi connectivity index (χ4v) is 4.98. The molecule has 0 amide bonds. The largest absolute Gasteiger partial charge is 0.492 e. The van der Waals surface area contributed by atoms with Gasteiger partial charge < -0.3 is 14.4 Å². The van der Waals surface area contributed by atoms with Gasteiger partial charge in [-0.25, -0.2) is 9.37 Å². The molecule has 1 saturated heterocycles. The Balaban J connectivity index is 1.43. The molecule has 7 nitrogen and oxygen atoms in total. The zero-order chi connectivity index (χ0) is 20.0. The molecule has 5 rings (SSSR count). The van der Waals surface area contributed by atoms with Crippen LogP contribution in [0.25, 0.3) is 4.96 Å². The predicted molar refractivity (Wildman–Crippen MR) is 108 cm³/mol. The zero-order valence-electron chi connectivity index (χ0n) is 15.8. The van der Waals surface area contributed by atoms with Crippen molar-refractivity contribution in [1.29, 1.82) is 0 Å². The second kappa shape index (κ2) is 7.16. The second-order valence-electron chi connectivity index (χ2n) is 7.06. The van der Waals surface area contributed by atoms with Crippen molar-refractivity contribution in [2.45, 2.75) is 13.0 Å². The number of thiazole rings is 1. The zero-order valence-corrected chi connectivity index (χ0v) is 16.6. The van der Waals surface area contributed by atoms with Crippen LogP contribution in [0.15, 0.2) is 47.1 Å². The molecule has 0 unspecified atom stereocenters. The van der Waals surface area contributed by atoms with Crippen LogP contribution in [0.2, 0.25) is 0 Å². The average molecular weight is 413 g/mol. The predicted octanol–water partition coefficient (Wildman–Crippen LogP) is 3.45. The molecule has 0 spiro atoms. The Bertz CT molecular complexity index is 1110. The van der Waals surface area contributed by atoms with Crippen molar-refractivity contribution in [1.82, 2.24) is 19.5 Å². The van der Waals surface area contributed by atoms with Gasteiger partial charge in [0.15, 0.2) is 0 Å². The van der Waals surface area contributed by atoms with E-state index in [0.717, 1.165) is 42.5 Å². The van der Waals surface area contributed by atoms with E-state index in [1.54, 1.807) is 13.2 Å². The van der Waals surface area contributed by atoms with E-state index in [9.17, 15) is 9.50 Å². The number of hydrogen-bond acceptors (Lipinski definition) is 7. The lowest BCUT2D eigenvalue weighted by Gasteiger charge is -2.39. The van der Waals surface area contributed by atoms with Crippen LogP contribution >= 0.6 is 11.3 Å². The van der Waals surface area contributed by atoms with E-state index >= 15 is 0 Å². The number of hydrogen-bond donors (Lipinski definition) is 1. The lowest BCUT2D eigenvalue weighted by molar-refractivity contribution is 0.191. The summed E-state index contributed by atoms with van der Waals surface area (Å²) < 4.78 is 20.4. The first-order valence-electron chi connectivity index (χ1n) is 9.43. The fourth-order valence-electron chi connectivity index (χ4n) is 3.84. The Labute approximate surface area is 170 Å². The fraction of sp³-hybridized carbons (Fsp3) is 0.300. The number of piperazine rings is 1. The van der Waals surface area contributed by atoms with Crippen LogP contribution in [0, 0.1) is 12.7 Å². The molecule has 1 N–H and O–H groups in total. The SMILES string of the molecule is Cc1nc2sc([C@H](c3ccco3)N3CCN(c4ccc(F)cc4)CC3)c(O)n2n1. The number of aryl methyl sites for hydroxylation is 1. The van der Waals surface area contributed by atoms with Crippen molar-refractivity contribution < 1.29 is 13.9 Å². The molecule has 150 valence electrons. The highest BCUT2D eigenvalue weighted by Crippen LogP contribution is 2.40. The monoisotopic (exact) mass is 413 g/mol. The molecule has 0 aliphatic carbocycles. The minimum Gasteiger partial charge on any atom is -0.492 e. The normalized spacial score (nSPS) is 16.6. The standard InChI is InChI=1S/C20H20FN5O2S/c1-13-22-20-26(23-13)19(27)18(29-20)17(16-3-2-12-28-16)25-10-8-24(9-11-25)15-6-4-14(21)5-7-15/h2-7,12,17,27H,8-11H2,1H3/t17-/m0/s1. The first-order chi connectivity index (χ1) is 14.1. The van der Waals surface area contributed by atoms with Crippen molar-refractivity contribution >= 4 is 22.0 Å². The summed E-state index contributed by atoms with van der Waals surface area (Å²) in [6.07, 6.45) is 1.65. The molecule has 1 aromatic carbocycles. The number of rotatable bonds is 4. The van der Waals surface area contributed by atoms with Crippen LogP contribution in [-0.2, 0) is 0 Å². The van der Waals surface area contributed by atoms with E-state index in [2.05, 4.69) is 19.9 Å². The van der Waals surface area contributed by atoms with Gasteiger partial charge in [-0.2, -0.15) is 4.52 Å². The van der Waals surface area contributed by atoms with Gasteiger partial charge in [-0.15, -0.1) is 5.10 Å². The Morgan fingerprint density at radius 3 is 2.55 bits per heavy atom. The van der Waals surface area contributed by atoms with Crippen LogP contribution in [0.5, 0.6) is 5.88 Å². The number of anilines is 1. The summed E-state index contributed by atoms with van der Waals surface area (Å²) in [5.74, 6) is 1.28. The van der Waals surface area contributed by atoms with E-state index in [1.807, 2.05) is 24.3 Å². The van der Waals surface area contributed by atoms with E-state index in [1.165, 1.54) is 28.0 Å². The number of halogens is 1. The first-order valence-corrected chi connectivity index (χ1v) is 10.2. The van der Waals surface area contributed by atoms with Crippen LogP contribution in [-0.4, -0.2) is 50.8 Å². The summed E-state index contributed by atoms with van der Waals surface area (Å²) >= 11 is 1.43. The minimum absolute atomic E-state index is 0.105. The summed E-state index contributed by atoms with van der Waals surface area (Å²) in [5, 5.41) is 15.1. The molecule has 0 radical (unpaired) electrons. The molecule has 1 aliphatic rings. The van der Waals surface area contributed by atoms with Gasteiger partial charge in [0.2, 0.25) is 10.8 Å². The summed E-state index contributed by atoms with van der Waals surface area (Å²) in [4.78, 5) is 10.3. The van der Waals surface area contributed by atoms with Crippen molar-refractivity contribution in [2.24, 2.45) is 0 Å². The number of fused-ring (bicyclic) bond motifs is 1. The van der Waals surface area contributed by atoms with Gasteiger partial charge in [-0.3, -0.25) is 4.90 Å². The van der Waals surface area contributed by atoms with Gasteiger partial charge in [-0.05, 0) is 43.3 Å². The smallest absolute Gasteiger partial charge is 0.230 e. The third-order valence-corrected chi connectivity index (χ3v) is 6.31. The van der Waals surface area contributed by atoms with Crippen LogP contribution < -0.4 is 4.90 Å². The van der Waals surface area contributed by atoms with Crippen molar-refractivity contribution in [3.05, 3.63) is 64.9 Å². The van der Waals surface area contributed by atoms with Crippen molar-refractivity contribution in [3.8, 4) is 5.88 Å². The molecule has 29 heavy (non-hydrogen) atoms. The lowest BCUT2D eigenvalue weighted by atomic mass is 10.1. The van der Waals surface area contributed by atoms with Gasteiger partial charge in [0.25, 0.3) is 0 Å². The summed E-state index contributed by atoms with van der Waals surface area (Å²) in [6.45, 7) is 4.94. The molecule has 3 aromatic heterocycles. The third-order valence-electron chi connectivity index (χ3n) is 5.24. The second-order valence-corrected chi connectivity index (χ2v) is 8.07. The minimum atomic E-state index is -0.229. The lowest BCUT2D eigenvalue weighted by Crippen LogP contribution is -2.47. The maximum atomic E-state index is 13.2. The van der Waals surface area contributed by atoms with E-state index in [0.29, 0.717) is 10.8 Å². The van der Waals surface area contributed by atoms with Crippen LogP contribution in [0.3, 0.4) is 0 Å². The molecule has 9 heteroatoms. The molecule has 1 aliphatic heterocycles. The van der Waals surface area contributed by atoms with Crippen molar-refractivity contribution in [2.75, 3.05) is 31.1 Å². The number of nitrogens with zero attached hydrogens (tertiary/aromatic N) is 5. The highest BCUT2D eigenvalue weighted by Gasteiger charge is 2.33. The Hall–Kier alpha value is -2.91. The molecular formula is C20H20FN5O2S. The molecule has 1 fully saturated rings. The highest BCUT2D eigenvalue weighted by atomic mass is 32.1. The Morgan fingerprint density at radius 1 is 1.14 bits per heavy atom. The van der Waals surface area contributed by atoms with Crippen molar-refractivity contribution in [3.63, 3.8) is 0 Å². The molecule has 4 heterocycles. The number of aromatic hydroxyl groups is 1.